The number of ether oxygens (including phenoxy) is 1. The SMILES string of the molecule is CN(C)c1ccc(/C=C2/N=C(c3ccc([N+](=O)[O-])cc3)OC2=O)cc1. The number of nitrogens with zero attached hydrogens (tertiary/aromatic N) is 3. The number of benzene rings is 2. The molecule has 3 rings (SSSR count). The molecular weight excluding hydrogens is 322 g/mol. The van der Waals surface area contributed by atoms with Crippen molar-refractivity contribution in [2.45, 2.75) is 0 Å². The molecular formula is C18H15N3O4. The highest BCUT2D eigenvalue weighted by molar-refractivity contribution is 6.12. The van der Waals surface area contributed by atoms with Crippen molar-refractivity contribution in [3.05, 3.63) is 75.5 Å². The van der Waals surface area contributed by atoms with E-state index in [-0.39, 0.29) is 17.3 Å². The van der Waals surface area contributed by atoms with E-state index in [1.54, 1.807) is 6.08 Å². The lowest BCUT2D eigenvalue weighted by Gasteiger charge is -2.11. The van der Waals surface area contributed by atoms with Gasteiger partial charge >= 0.3 is 5.97 Å². The molecule has 0 saturated carbocycles. The average Bonchev–Trinajstić information content (AvgIpc) is 2.96. The molecule has 0 radical (unpaired) electrons. The lowest BCUT2D eigenvalue weighted by Crippen LogP contribution is -2.08. The molecule has 0 fully saturated rings. The third-order valence-electron chi connectivity index (χ3n) is 3.66. The molecule has 2 aromatic carbocycles. The van der Waals surface area contributed by atoms with E-state index >= 15 is 0 Å². The fraction of sp³-hybridized carbons (Fsp3) is 0.111. The number of anilines is 1. The Morgan fingerprint density at radius 2 is 1.72 bits per heavy atom. The first-order valence-corrected chi connectivity index (χ1v) is 7.49. The molecule has 7 heteroatoms. The molecule has 0 atom stereocenters. The van der Waals surface area contributed by atoms with Crippen LogP contribution in [0.4, 0.5) is 11.4 Å². The minimum atomic E-state index is -0.551. The second-order valence-electron chi connectivity index (χ2n) is 5.63. The van der Waals surface area contributed by atoms with Crippen LogP contribution in [0.1, 0.15) is 11.1 Å². The molecule has 7 nitrogen and oxygen atoms in total. The third kappa shape index (κ3) is 3.55. The normalized spacial score (nSPS) is 15.0. The zero-order valence-electron chi connectivity index (χ0n) is 13.7. The Balaban J connectivity index is 1.85. The maximum atomic E-state index is 12.0. The maximum absolute atomic E-state index is 12.0. The van der Waals surface area contributed by atoms with Gasteiger partial charge in [0.05, 0.1) is 4.92 Å². The van der Waals surface area contributed by atoms with Crippen LogP contribution in [0.15, 0.2) is 59.2 Å². The van der Waals surface area contributed by atoms with Crippen molar-refractivity contribution >= 4 is 29.3 Å². The minimum absolute atomic E-state index is 0.0366. The van der Waals surface area contributed by atoms with Gasteiger partial charge < -0.3 is 9.64 Å². The number of rotatable bonds is 4. The van der Waals surface area contributed by atoms with Crippen LogP contribution in [-0.4, -0.2) is 30.9 Å². The van der Waals surface area contributed by atoms with Crippen molar-refractivity contribution in [3.63, 3.8) is 0 Å². The molecule has 0 saturated heterocycles. The van der Waals surface area contributed by atoms with Gasteiger partial charge in [-0.2, -0.15) is 0 Å². The number of esters is 1. The van der Waals surface area contributed by atoms with Crippen molar-refractivity contribution < 1.29 is 14.5 Å². The predicted octanol–water partition coefficient (Wildman–Crippen LogP) is 3.01. The monoisotopic (exact) mass is 337 g/mol. The number of nitro groups is 1. The summed E-state index contributed by atoms with van der Waals surface area (Å²) in [6.07, 6.45) is 1.64. The first-order valence-electron chi connectivity index (χ1n) is 7.49. The van der Waals surface area contributed by atoms with E-state index in [0.29, 0.717) is 5.56 Å². The molecule has 0 aromatic heterocycles. The summed E-state index contributed by atoms with van der Waals surface area (Å²) in [6, 6.07) is 13.3. The van der Waals surface area contributed by atoms with Crippen molar-refractivity contribution in [3.8, 4) is 0 Å². The molecule has 1 aliphatic heterocycles. The smallest absolute Gasteiger partial charge is 0.363 e. The van der Waals surface area contributed by atoms with Crippen LogP contribution in [0.3, 0.4) is 0 Å². The molecule has 1 aliphatic rings. The first kappa shape index (κ1) is 16.4. The van der Waals surface area contributed by atoms with Crippen LogP contribution in [0.2, 0.25) is 0 Å². The fourth-order valence-electron chi connectivity index (χ4n) is 2.28. The Kier molecular flexibility index (Phi) is 4.30. The Labute approximate surface area is 144 Å². The lowest BCUT2D eigenvalue weighted by atomic mass is 10.1. The van der Waals surface area contributed by atoms with Crippen molar-refractivity contribution in [2.24, 2.45) is 4.99 Å². The number of non-ortho nitro benzene ring substituents is 1. The Morgan fingerprint density at radius 3 is 2.28 bits per heavy atom. The number of nitro benzene ring substituents is 1. The van der Waals surface area contributed by atoms with Crippen LogP contribution in [0.25, 0.3) is 6.08 Å². The molecule has 126 valence electrons. The van der Waals surface area contributed by atoms with E-state index in [1.165, 1.54) is 24.3 Å². The summed E-state index contributed by atoms with van der Waals surface area (Å²) in [7, 11) is 3.89. The topological polar surface area (TPSA) is 85.0 Å². The number of cyclic esters (lactones) is 1. The van der Waals surface area contributed by atoms with Crippen molar-refractivity contribution in [1.29, 1.82) is 0 Å². The van der Waals surface area contributed by atoms with Gasteiger partial charge in [0, 0.05) is 37.5 Å². The largest absolute Gasteiger partial charge is 0.402 e. The van der Waals surface area contributed by atoms with E-state index in [2.05, 4.69) is 4.99 Å². The highest BCUT2D eigenvalue weighted by Crippen LogP contribution is 2.21. The van der Waals surface area contributed by atoms with Crippen molar-refractivity contribution in [2.75, 3.05) is 19.0 Å². The highest BCUT2D eigenvalue weighted by atomic mass is 16.6. The molecule has 2 aromatic rings. The summed E-state index contributed by atoms with van der Waals surface area (Å²) < 4.78 is 5.16. The Bertz CT molecular complexity index is 882. The molecule has 0 spiro atoms. The van der Waals surface area contributed by atoms with E-state index in [1.807, 2.05) is 43.3 Å². The molecule has 1 heterocycles. The van der Waals surface area contributed by atoms with Gasteiger partial charge in [-0.15, -0.1) is 0 Å². The molecule has 25 heavy (non-hydrogen) atoms. The minimum Gasteiger partial charge on any atom is -0.402 e. The standard InChI is InChI=1S/C18H15N3O4/c1-20(2)14-7-3-12(4-8-14)11-16-18(22)25-17(19-16)13-5-9-15(10-6-13)21(23)24/h3-11H,1-2H3/b16-11+. The summed E-state index contributed by atoms with van der Waals surface area (Å²) in [6.45, 7) is 0. The molecule has 0 amide bonds. The Morgan fingerprint density at radius 1 is 1.08 bits per heavy atom. The summed E-state index contributed by atoms with van der Waals surface area (Å²) in [4.78, 5) is 28.4. The maximum Gasteiger partial charge on any atom is 0.363 e. The zero-order valence-corrected chi connectivity index (χ0v) is 13.7. The number of carbonyl (C=O) groups excluding carboxylic acids is 1. The van der Waals surface area contributed by atoms with Crippen LogP contribution in [-0.2, 0) is 9.53 Å². The second kappa shape index (κ2) is 6.56. The summed E-state index contributed by atoms with van der Waals surface area (Å²) >= 11 is 0. The van der Waals surface area contributed by atoms with Gasteiger partial charge in [0.25, 0.3) is 5.69 Å². The molecule has 0 unspecified atom stereocenters. The van der Waals surface area contributed by atoms with Crippen molar-refractivity contribution in [1.82, 2.24) is 0 Å². The summed E-state index contributed by atoms with van der Waals surface area (Å²) in [5, 5.41) is 10.7. The fourth-order valence-corrected chi connectivity index (χ4v) is 2.28. The predicted molar refractivity (Wildman–Crippen MR) is 94.5 cm³/mol. The van der Waals surface area contributed by atoms with E-state index in [4.69, 9.17) is 4.74 Å². The Hall–Kier alpha value is -3.48. The average molecular weight is 337 g/mol. The first-order chi connectivity index (χ1) is 11.9. The highest BCUT2D eigenvalue weighted by Gasteiger charge is 2.24. The van der Waals surface area contributed by atoms with Crippen LogP contribution < -0.4 is 4.90 Å². The van der Waals surface area contributed by atoms with Gasteiger partial charge in [0.1, 0.15) is 0 Å². The number of hydrogen-bond acceptors (Lipinski definition) is 6. The van der Waals surface area contributed by atoms with Gasteiger partial charge in [0.15, 0.2) is 5.70 Å². The van der Waals surface area contributed by atoms with Crippen LogP contribution in [0, 0.1) is 10.1 Å². The van der Waals surface area contributed by atoms with E-state index in [9.17, 15) is 14.9 Å². The zero-order chi connectivity index (χ0) is 18.0. The number of hydrogen-bond donors (Lipinski definition) is 0. The van der Waals surface area contributed by atoms with Crippen LogP contribution in [0.5, 0.6) is 0 Å². The molecule has 0 bridgehead atoms. The van der Waals surface area contributed by atoms with Gasteiger partial charge in [-0.05, 0) is 35.9 Å². The quantitative estimate of drug-likeness (QED) is 0.370. The lowest BCUT2D eigenvalue weighted by molar-refractivity contribution is -0.384. The van der Waals surface area contributed by atoms with Crippen LogP contribution >= 0.6 is 0 Å². The summed E-state index contributed by atoms with van der Waals surface area (Å²) in [5.41, 5.74) is 2.53. The summed E-state index contributed by atoms with van der Waals surface area (Å²) in [5.74, 6) is -0.416. The van der Waals surface area contributed by atoms with Gasteiger partial charge in [-0.3, -0.25) is 10.1 Å². The van der Waals surface area contributed by atoms with E-state index in [0.717, 1.165) is 11.3 Å². The molecule has 0 aliphatic carbocycles. The second-order valence-corrected chi connectivity index (χ2v) is 5.63. The van der Waals surface area contributed by atoms with Gasteiger partial charge in [-0.1, -0.05) is 12.1 Å². The third-order valence-corrected chi connectivity index (χ3v) is 3.66. The number of aliphatic imine (C=N–C) groups is 1. The van der Waals surface area contributed by atoms with Gasteiger partial charge in [0.2, 0.25) is 5.90 Å². The number of carbonyl (C=O) groups is 1. The van der Waals surface area contributed by atoms with E-state index < -0.39 is 10.9 Å². The van der Waals surface area contributed by atoms with Gasteiger partial charge in [-0.25, -0.2) is 9.79 Å². The molecule has 0 N–H and O–H groups in total.